The normalized spacial score (nSPS) is 20.4. The molecule has 1 aromatic rings. The lowest BCUT2D eigenvalue weighted by atomic mass is 9.72. The first kappa shape index (κ1) is 18.9. The van der Waals surface area contributed by atoms with Crippen molar-refractivity contribution >= 4 is 17.5 Å². The molecule has 1 N–H and O–H groups in total. The van der Waals surface area contributed by atoms with Crippen LogP contribution in [0.15, 0.2) is 24.3 Å². The molecule has 0 radical (unpaired) electrons. The van der Waals surface area contributed by atoms with Gasteiger partial charge in [-0.2, -0.15) is 0 Å². The van der Waals surface area contributed by atoms with Crippen molar-refractivity contribution in [3.05, 3.63) is 29.8 Å². The zero-order valence-corrected chi connectivity index (χ0v) is 16.1. The number of likely N-dealkylation sites (tertiary alicyclic amines) is 2. The number of benzene rings is 1. The third-order valence-electron chi connectivity index (χ3n) is 6.09. The second-order valence-electron chi connectivity index (χ2n) is 7.94. The van der Waals surface area contributed by atoms with Gasteiger partial charge in [0.05, 0.1) is 0 Å². The number of hydrogen-bond donors (Lipinski definition) is 1. The van der Waals surface area contributed by atoms with Crippen molar-refractivity contribution in [1.82, 2.24) is 9.80 Å². The molecule has 1 aromatic carbocycles. The minimum Gasteiger partial charge on any atom is -0.345 e. The van der Waals surface area contributed by atoms with Crippen LogP contribution in [-0.4, -0.2) is 54.8 Å². The molecule has 2 aliphatic heterocycles. The molecule has 2 amide bonds. The summed E-state index contributed by atoms with van der Waals surface area (Å²) in [5.41, 5.74) is 2.46. The van der Waals surface area contributed by atoms with Gasteiger partial charge in [-0.25, -0.2) is 0 Å². The molecule has 26 heavy (non-hydrogen) atoms. The van der Waals surface area contributed by atoms with E-state index in [4.69, 9.17) is 0 Å². The van der Waals surface area contributed by atoms with E-state index in [2.05, 4.69) is 29.3 Å². The molecule has 0 bridgehead atoms. The van der Waals surface area contributed by atoms with Crippen molar-refractivity contribution in [3.8, 4) is 0 Å². The standard InChI is InChI=1S/C21H31N3O2/c1-3-17-4-6-18(7-5-17)22-19(25)9-13-24-14-11-21(12-15-24)10-8-20(26)23(2)16-21/h4-7H,3,8-16H2,1-2H3,(H,22,25). The summed E-state index contributed by atoms with van der Waals surface area (Å²) in [5, 5.41) is 2.99. The summed E-state index contributed by atoms with van der Waals surface area (Å²) in [4.78, 5) is 28.2. The van der Waals surface area contributed by atoms with Gasteiger partial charge in [-0.1, -0.05) is 19.1 Å². The molecule has 2 fully saturated rings. The average molecular weight is 357 g/mol. The van der Waals surface area contributed by atoms with Crippen LogP contribution < -0.4 is 5.32 Å². The van der Waals surface area contributed by atoms with Crippen molar-refractivity contribution in [3.63, 3.8) is 0 Å². The Morgan fingerprint density at radius 3 is 2.46 bits per heavy atom. The van der Waals surface area contributed by atoms with Crippen LogP contribution in [0.5, 0.6) is 0 Å². The minimum atomic E-state index is 0.0810. The van der Waals surface area contributed by atoms with E-state index in [0.29, 0.717) is 18.3 Å². The van der Waals surface area contributed by atoms with Crippen LogP contribution in [0.1, 0.15) is 44.6 Å². The molecular formula is C21H31N3O2. The predicted molar refractivity (Wildman–Crippen MR) is 104 cm³/mol. The second kappa shape index (κ2) is 8.21. The van der Waals surface area contributed by atoms with Gasteiger partial charge in [0, 0.05) is 38.7 Å². The summed E-state index contributed by atoms with van der Waals surface area (Å²) < 4.78 is 0. The van der Waals surface area contributed by atoms with E-state index in [1.165, 1.54) is 5.56 Å². The van der Waals surface area contributed by atoms with Gasteiger partial charge < -0.3 is 15.1 Å². The van der Waals surface area contributed by atoms with E-state index >= 15 is 0 Å². The van der Waals surface area contributed by atoms with Crippen LogP contribution in [0, 0.1) is 5.41 Å². The average Bonchev–Trinajstić information content (AvgIpc) is 2.65. The molecule has 0 aliphatic carbocycles. The first-order valence-corrected chi connectivity index (χ1v) is 9.85. The molecule has 0 aromatic heterocycles. The molecular weight excluding hydrogens is 326 g/mol. The van der Waals surface area contributed by atoms with Crippen molar-refractivity contribution in [1.29, 1.82) is 0 Å². The lowest BCUT2D eigenvalue weighted by Crippen LogP contribution is -2.50. The van der Waals surface area contributed by atoms with E-state index < -0.39 is 0 Å². The molecule has 2 aliphatic rings. The van der Waals surface area contributed by atoms with E-state index in [0.717, 1.165) is 57.5 Å². The summed E-state index contributed by atoms with van der Waals surface area (Å²) >= 11 is 0. The van der Waals surface area contributed by atoms with Crippen LogP contribution in [0.2, 0.25) is 0 Å². The van der Waals surface area contributed by atoms with Crippen molar-refractivity contribution in [2.24, 2.45) is 5.41 Å². The number of nitrogens with zero attached hydrogens (tertiary/aromatic N) is 2. The van der Waals surface area contributed by atoms with Gasteiger partial charge in [0.15, 0.2) is 0 Å². The lowest BCUT2D eigenvalue weighted by Gasteiger charge is -2.46. The van der Waals surface area contributed by atoms with Crippen LogP contribution in [-0.2, 0) is 16.0 Å². The monoisotopic (exact) mass is 357 g/mol. The molecule has 1 spiro atoms. The quantitative estimate of drug-likeness (QED) is 0.881. The fourth-order valence-electron chi connectivity index (χ4n) is 4.20. The summed E-state index contributed by atoms with van der Waals surface area (Å²) in [5.74, 6) is 0.360. The van der Waals surface area contributed by atoms with E-state index in [-0.39, 0.29) is 11.8 Å². The maximum Gasteiger partial charge on any atom is 0.225 e. The highest BCUT2D eigenvalue weighted by atomic mass is 16.2. The fourth-order valence-corrected chi connectivity index (χ4v) is 4.20. The molecule has 2 heterocycles. The fraction of sp³-hybridized carbons (Fsp3) is 0.619. The first-order valence-electron chi connectivity index (χ1n) is 9.85. The van der Waals surface area contributed by atoms with Crippen LogP contribution >= 0.6 is 0 Å². The largest absolute Gasteiger partial charge is 0.345 e. The predicted octanol–water partition coefficient (Wildman–Crippen LogP) is 2.91. The van der Waals surface area contributed by atoms with Crippen LogP contribution in [0.3, 0.4) is 0 Å². The Hall–Kier alpha value is -1.88. The number of rotatable bonds is 5. The topological polar surface area (TPSA) is 52.7 Å². The summed E-state index contributed by atoms with van der Waals surface area (Å²) in [6, 6.07) is 8.07. The Kier molecular flexibility index (Phi) is 5.97. The maximum absolute atomic E-state index is 12.2. The Morgan fingerprint density at radius 2 is 1.85 bits per heavy atom. The van der Waals surface area contributed by atoms with Crippen LogP contribution in [0.4, 0.5) is 5.69 Å². The van der Waals surface area contributed by atoms with E-state index in [9.17, 15) is 9.59 Å². The van der Waals surface area contributed by atoms with E-state index in [1.807, 2.05) is 24.1 Å². The van der Waals surface area contributed by atoms with Crippen LogP contribution in [0.25, 0.3) is 0 Å². The maximum atomic E-state index is 12.2. The highest BCUT2D eigenvalue weighted by Crippen LogP contribution is 2.39. The number of carbonyl (C=O) groups is 2. The Labute approximate surface area is 156 Å². The Balaban J connectivity index is 1.40. The highest BCUT2D eigenvalue weighted by molar-refractivity contribution is 5.90. The second-order valence-corrected chi connectivity index (χ2v) is 7.94. The highest BCUT2D eigenvalue weighted by Gasteiger charge is 2.39. The van der Waals surface area contributed by atoms with E-state index in [1.54, 1.807) is 0 Å². The number of piperidine rings is 2. The van der Waals surface area contributed by atoms with Crippen molar-refractivity contribution < 1.29 is 9.59 Å². The Bertz CT molecular complexity index is 633. The molecule has 3 rings (SSSR count). The van der Waals surface area contributed by atoms with Gasteiger partial charge in [-0.15, -0.1) is 0 Å². The number of carbonyl (C=O) groups excluding carboxylic acids is 2. The van der Waals surface area contributed by atoms with Gasteiger partial charge in [0.25, 0.3) is 0 Å². The first-order chi connectivity index (χ1) is 12.5. The number of nitrogens with one attached hydrogen (secondary N) is 1. The Morgan fingerprint density at radius 1 is 1.15 bits per heavy atom. The third kappa shape index (κ3) is 4.64. The lowest BCUT2D eigenvalue weighted by molar-refractivity contribution is -0.137. The number of aryl methyl sites for hydroxylation is 1. The molecule has 5 heteroatoms. The number of anilines is 1. The smallest absolute Gasteiger partial charge is 0.225 e. The zero-order chi connectivity index (χ0) is 18.6. The van der Waals surface area contributed by atoms with Gasteiger partial charge in [-0.3, -0.25) is 9.59 Å². The molecule has 5 nitrogen and oxygen atoms in total. The number of hydrogen-bond acceptors (Lipinski definition) is 3. The molecule has 0 atom stereocenters. The zero-order valence-electron chi connectivity index (χ0n) is 16.1. The minimum absolute atomic E-state index is 0.0810. The van der Waals surface area contributed by atoms with Crippen molar-refractivity contribution in [2.75, 3.05) is 38.5 Å². The third-order valence-corrected chi connectivity index (χ3v) is 6.09. The summed E-state index contributed by atoms with van der Waals surface area (Å²) in [6.45, 7) is 5.89. The van der Waals surface area contributed by atoms with Gasteiger partial charge >= 0.3 is 0 Å². The van der Waals surface area contributed by atoms with Gasteiger partial charge in [-0.05, 0) is 61.9 Å². The SMILES string of the molecule is CCc1ccc(NC(=O)CCN2CCC3(CCC(=O)N(C)C3)CC2)cc1. The summed E-state index contributed by atoms with van der Waals surface area (Å²) in [6.07, 6.45) is 5.51. The molecule has 2 saturated heterocycles. The van der Waals surface area contributed by atoms with Crippen molar-refractivity contribution in [2.45, 2.75) is 45.4 Å². The van der Waals surface area contributed by atoms with Gasteiger partial charge in [0.2, 0.25) is 11.8 Å². The molecule has 142 valence electrons. The number of amides is 2. The summed E-state index contributed by atoms with van der Waals surface area (Å²) in [7, 11) is 1.92. The molecule has 0 saturated carbocycles. The molecule has 0 unspecified atom stereocenters. The van der Waals surface area contributed by atoms with Gasteiger partial charge in [0.1, 0.15) is 0 Å².